The molecule has 0 aliphatic rings. The van der Waals surface area contributed by atoms with Gasteiger partial charge in [-0.3, -0.25) is 0 Å². The van der Waals surface area contributed by atoms with Gasteiger partial charge >= 0.3 is 6.18 Å². The third kappa shape index (κ3) is 3.10. The minimum Gasteiger partial charge on any atom is -1.00 e. The maximum atomic E-state index is 12.8. The zero-order chi connectivity index (χ0) is 14.4. The number of hydrogen-bond acceptors (Lipinski definition) is 0. The summed E-state index contributed by atoms with van der Waals surface area (Å²) in [4.78, 5) is 0. The summed E-state index contributed by atoms with van der Waals surface area (Å²) < 4.78 is 42.0. The molecule has 0 unspecified atom stereocenters. The van der Waals surface area contributed by atoms with Crippen LogP contribution in [0.3, 0.4) is 0 Å². The Balaban J connectivity index is 0.00000200. The van der Waals surface area contributed by atoms with Crippen molar-refractivity contribution in [1.29, 1.82) is 0 Å². The number of pyridine rings is 1. The van der Waals surface area contributed by atoms with Gasteiger partial charge in [0.05, 0.1) is 11.6 Å². The first-order valence-corrected chi connectivity index (χ1v) is 6.35. The average molecular weight is 398 g/mol. The van der Waals surface area contributed by atoms with Crippen LogP contribution in [-0.4, -0.2) is 4.40 Å². The quantitative estimate of drug-likeness (QED) is 0.526. The molecule has 6 heteroatoms. The Bertz CT molecular complexity index is 600. The van der Waals surface area contributed by atoms with Crippen molar-refractivity contribution < 1.29 is 41.7 Å². The zero-order valence-electron chi connectivity index (χ0n) is 11.9. The largest absolute Gasteiger partial charge is 1.00 e. The number of fused-ring (bicyclic) bond motifs is 1. The fraction of sp³-hybridized carbons (Fsp3) is 0.500. The number of halogens is 4. The molecule has 0 N–H and O–H groups in total. The van der Waals surface area contributed by atoms with E-state index in [9.17, 15) is 13.2 Å². The highest BCUT2D eigenvalue weighted by Gasteiger charge is 2.33. The van der Waals surface area contributed by atoms with Crippen molar-refractivity contribution in [3.8, 4) is 0 Å². The molecule has 0 radical (unpaired) electrons. The van der Waals surface area contributed by atoms with E-state index >= 15 is 0 Å². The van der Waals surface area contributed by atoms with Crippen LogP contribution in [-0.2, 0) is 6.18 Å². The lowest BCUT2D eigenvalue weighted by Gasteiger charge is -2.06. The molecule has 20 heavy (non-hydrogen) atoms. The summed E-state index contributed by atoms with van der Waals surface area (Å²) >= 11 is 0. The average Bonchev–Trinajstić information content (AvgIpc) is 2.66. The van der Waals surface area contributed by atoms with Gasteiger partial charge in [0.2, 0.25) is 0 Å². The highest BCUT2D eigenvalue weighted by molar-refractivity contribution is 5.38. The van der Waals surface area contributed by atoms with Crippen molar-refractivity contribution in [3.05, 3.63) is 35.8 Å². The summed E-state index contributed by atoms with van der Waals surface area (Å²) in [5, 5.41) is 0. The summed E-state index contributed by atoms with van der Waals surface area (Å²) in [6, 6.07) is 2.88. The van der Waals surface area contributed by atoms with Gasteiger partial charge in [-0.25, -0.2) is 4.57 Å². The predicted octanol–water partition coefficient (Wildman–Crippen LogP) is 0.954. The molecule has 0 fully saturated rings. The maximum Gasteiger partial charge on any atom is 0.419 e. The van der Waals surface area contributed by atoms with Gasteiger partial charge in [-0.2, -0.15) is 17.6 Å². The normalized spacial score (nSPS) is 12.2. The van der Waals surface area contributed by atoms with Gasteiger partial charge < -0.3 is 24.0 Å². The van der Waals surface area contributed by atoms with E-state index in [1.807, 2.05) is 38.5 Å². The summed E-state index contributed by atoms with van der Waals surface area (Å²) in [5.74, 6) is 0.163. The minimum absolute atomic E-state index is 0. The van der Waals surface area contributed by atoms with Crippen LogP contribution < -0.4 is 28.5 Å². The Labute approximate surface area is 133 Å². The monoisotopic (exact) mass is 398 g/mol. The third-order valence-corrected chi connectivity index (χ3v) is 3.22. The van der Waals surface area contributed by atoms with Crippen LogP contribution in [0.2, 0.25) is 0 Å². The Kier molecular flexibility index (Phi) is 5.10. The van der Waals surface area contributed by atoms with E-state index in [1.54, 1.807) is 4.40 Å². The molecule has 0 saturated heterocycles. The van der Waals surface area contributed by atoms with Gasteiger partial charge in [0, 0.05) is 12.0 Å². The number of imidazole rings is 1. The smallest absolute Gasteiger partial charge is 0.419 e. The molecular weight excluding hydrogens is 380 g/mol. The molecule has 2 aromatic rings. The molecule has 0 aliphatic heterocycles. The molecule has 0 bridgehead atoms. The van der Waals surface area contributed by atoms with Crippen LogP contribution in [0, 0.1) is 0 Å². The molecule has 2 aromatic heterocycles. The van der Waals surface area contributed by atoms with E-state index in [-0.39, 0.29) is 35.9 Å². The number of hydrogen-bond donors (Lipinski definition) is 0. The van der Waals surface area contributed by atoms with Crippen LogP contribution in [0.15, 0.2) is 24.5 Å². The summed E-state index contributed by atoms with van der Waals surface area (Å²) in [6.45, 7) is 7.99. The molecule has 0 aliphatic carbocycles. The van der Waals surface area contributed by atoms with Crippen LogP contribution in [0.4, 0.5) is 13.2 Å². The van der Waals surface area contributed by atoms with Gasteiger partial charge in [-0.05, 0) is 19.9 Å². The molecular formula is C14H18F3IN2. The molecule has 0 spiro atoms. The van der Waals surface area contributed by atoms with Crippen LogP contribution in [0.1, 0.15) is 50.9 Å². The lowest BCUT2D eigenvalue weighted by Crippen LogP contribution is -3.00. The van der Waals surface area contributed by atoms with Crippen molar-refractivity contribution in [2.75, 3.05) is 0 Å². The second kappa shape index (κ2) is 5.91. The molecule has 0 atom stereocenters. The third-order valence-electron chi connectivity index (χ3n) is 3.22. The molecule has 2 heterocycles. The second-order valence-corrected chi connectivity index (χ2v) is 5.35. The standard InChI is InChI=1S/C14H18F3N2.HI/c1-9(2)12-8-18(10(3)4)13-6-5-11(7-19(12)13)14(15,16)17;/h5-10H,1-4H3;1H/q+1;/p-1. The number of rotatable bonds is 2. The van der Waals surface area contributed by atoms with Crippen molar-refractivity contribution in [2.24, 2.45) is 0 Å². The van der Waals surface area contributed by atoms with Crippen LogP contribution in [0.5, 0.6) is 0 Å². The van der Waals surface area contributed by atoms with Crippen LogP contribution in [0.25, 0.3) is 5.65 Å². The van der Waals surface area contributed by atoms with Gasteiger partial charge in [0.15, 0.2) is 5.69 Å². The summed E-state index contributed by atoms with van der Waals surface area (Å²) in [7, 11) is 0. The minimum atomic E-state index is -4.31. The second-order valence-electron chi connectivity index (χ2n) is 5.35. The number of alkyl halides is 3. The van der Waals surface area contributed by atoms with E-state index in [4.69, 9.17) is 0 Å². The maximum absolute atomic E-state index is 12.8. The van der Waals surface area contributed by atoms with E-state index < -0.39 is 11.7 Å². The van der Waals surface area contributed by atoms with Crippen molar-refractivity contribution in [2.45, 2.75) is 45.8 Å². The van der Waals surface area contributed by atoms with Gasteiger partial charge in [-0.15, -0.1) is 0 Å². The Morgan fingerprint density at radius 2 is 1.70 bits per heavy atom. The molecule has 2 rings (SSSR count). The van der Waals surface area contributed by atoms with Crippen molar-refractivity contribution in [3.63, 3.8) is 0 Å². The van der Waals surface area contributed by atoms with E-state index in [0.29, 0.717) is 0 Å². The SMILES string of the molecule is CC(C)c1c[n+](C(C)C)c2ccc(C(F)(F)F)cn12.[I-]. The molecule has 0 aromatic carbocycles. The van der Waals surface area contributed by atoms with Gasteiger partial charge in [0.25, 0.3) is 5.65 Å². The first-order valence-electron chi connectivity index (χ1n) is 6.35. The highest BCUT2D eigenvalue weighted by atomic mass is 127. The summed E-state index contributed by atoms with van der Waals surface area (Å²) in [5.41, 5.74) is 1.05. The highest BCUT2D eigenvalue weighted by Crippen LogP contribution is 2.30. The molecule has 0 amide bonds. The van der Waals surface area contributed by atoms with Crippen molar-refractivity contribution >= 4 is 5.65 Å². The van der Waals surface area contributed by atoms with Gasteiger partial charge in [0.1, 0.15) is 12.4 Å². The number of nitrogens with zero attached hydrogens (tertiary/aromatic N) is 2. The zero-order valence-corrected chi connectivity index (χ0v) is 14.0. The van der Waals surface area contributed by atoms with Crippen molar-refractivity contribution in [1.82, 2.24) is 4.40 Å². The first kappa shape index (κ1) is 17.3. The Hall–Kier alpha value is -0.790. The summed E-state index contributed by atoms with van der Waals surface area (Å²) in [6.07, 6.45) is -1.19. The molecule has 2 nitrogen and oxygen atoms in total. The Morgan fingerprint density at radius 1 is 1.10 bits per heavy atom. The Morgan fingerprint density at radius 3 is 2.15 bits per heavy atom. The fourth-order valence-corrected chi connectivity index (χ4v) is 2.19. The first-order chi connectivity index (χ1) is 8.71. The van der Waals surface area contributed by atoms with Crippen LogP contribution >= 0.6 is 0 Å². The van der Waals surface area contributed by atoms with E-state index in [0.717, 1.165) is 17.4 Å². The molecule has 112 valence electrons. The lowest BCUT2D eigenvalue weighted by molar-refractivity contribution is -0.691. The van der Waals surface area contributed by atoms with E-state index in [2.05, 4.69) is 0 Å². The predicted molar refractivity (Wildman–Crippen MR) is 67.1 cm³/mol. The topological polar surface area (TPSA) is 8.29 Å². The van der Waals surface area contributed by atoms with E-state index in [1.165, 1.54) is 12.3 Å². The molecule has 0 saturated carbocycles. The fourth-order valence-electron chi connectivity index (χ4n) is 2.19. The number of aromatic nitrogens is 2. The lowest BCUT2D eigenvalue weighted by atomic mass is 10.1. The van der Waals surface area contributed by atoms with Gasteiger partial charge in [-0.1, -0.05) is 13.8 Å².